The minimum absolute atomic E-state index is 0.0238. The van der Waals surface area contributed by atoms with Gasteiger partial charge in [-0.05, 0) is 72.8 Å². The molecule has 1 amide bonds. The van der Waals surface area contributed by atoms with Gasteiger partial charge in [0.15, 0.2) is 18.1 Å². The number of ether oxygens (including phenoxy) is 3. The van der Waals surface area contributed by atoms with Crippen molar-refractivity contribution in [2.45, 2.75) is 32.9 Å². The zero-order valence-corrected chi connectivity index (χ0v) is 20.4. The van der Waals surface area contributed by atoms with Crippen molar-refractivity contribution in [3.63, 3.8) is 0 Å². The monoisotopic (exact) mass is 476 g/mol. The molecule has 7 nitrogen and oxygen atoms in total. The van der Waals surface area contributed by atoms with E-state index < -0.39 is 0 Å². The summed E-state index contributed by atoms with van der Waals surface area (Å²) in [5.74, 6) is 3.61. The van der Waals surface area contributed by atoms with Crippen LogP contribution in [-0.2, 0) is 17.9 Å². The van der Waals surface area contributed by atoms with Crippen molar-refractivity contribution in [3.8, 4) is 28.4 Å². The molecule has 0 radical (unpaired) electrons. The standard InChI is InChI=1S/C28H32N2O5/c1-20-5-3-11-30(15-20)16-23-13-21(22-8-10-26-27(14-22)35-19-34-26)7-9-25(23)33-18-28(31)29(2)17-24-6-4-12-32-24/h4,6-10,12-14,20H,3,5,11,15-19H2,1-2H3/t20-/m0/s1. The number of hydrogen-bond donors (Lipinski definition) is 0. The van der Waals surface area contributed by atoms with Crippen molar-refractivity contribution in [2.75, 3.05) is 33.5 Å². The summed E-state index contributed by atoms with van der Waals surface area (Å²) in [5, 5.41) is 0. The van der Waals surface area contributed by atoms with Gasteiger partial charge in [0.05, 0.1) is 12.8 Å². The van der Waals surface area contributed by atoms with Crippen LogP contribution in [0.25, 0.3) is 11.1 Å². The second-order valence-corrected chi connectivity index (χ2v) is 9.49. The van der Waals surface area contributed by atoms with Gasteiger partial charge in [-0.2, -0.15) is 0 Å². The van der Waals surface area contributed by atoms with Crippen molar-refractivity contribution in [2.24, 2.45) is 5.92 Å². The Bertz CT molecular complexity index is 1160. The lowest BCUT2D eigenvalue weighted by Crippen LogP contribution is -2.34. The van der Waals surface area contributed by atoms with Crippen molar-refractivity contribution >= 4 is 5.91 Å². The fourth-order valence-corrected chi connectivity index (χ4v) is 4.74. The molecule has 0 bridgehead atoms. The van der Waals surface area contributed by atoms with Crippen LogP contribution in [0.2, 0.25) is 0 Å². The first-order chi connectivity index (χ1) is 17.0. The Morgan fingerprint density at radius 3 is 2.77 bits per heavy atom. The summed E-state index contributed by atoms with van der Waals surface area (Å²) in [7, 11) is 1.76. The number of fused-ring (bicyclic) bond motifs is 1. The Morgan fingerprint density at radius 1 is 1.11 bits per heavy atom. The molecule has 184 valence electrons. The Morgan fingerprint density at radius 2 is 1.94 bits per heavy atom. The van der Waals surface area contributed by atoms with E-state index in [0.717, 1.165) is 59.3 Å². The first kappa shape index (κ1) is 23.3. The molecule has 0 spiro atoms. The normalized spacial score (nSPS) is 17.4. The van der Waals surface area contributed by atoms with E-state index in [0.29, 0.717) is 12.5 Å². The van der Waals surface area contributed by atoms with E-state index in [1.807, 2.05) is 42.5 Å². The average molecular weight is 477 g/mol. The lowest BCUT2D eigenvalue weighted by molar-refractivity contribution is -0.132. The van der Waals surface area contributed by atoms with Crippen LogP contribution < -0.4 is 14.2 Å². The number of hydrogen-bond acceptors (Lipinski definition) is 6. The van der Waals surface area contributed by atoms with E-state index in [1.54, 1.807) is 18.2 Å². The molecule has 7 heteroatoms. The number of likely N-dealkylation sites (tertiary alicyclic amines) is 1. The van der Waals surface area contributed by atoms with Crippen LogP contribution in [0, 0.1) is 5.92 Å². The number of piperidine rings is 1. The van der Waals surface area contributed by atoms with Gasteiger partial charge in [0, 0.05) is 25.7 Å². The van der Waals surface area contributed by atoms with E-state index in [9.17, 15) is 4.79 Å². The fourth-order valence-electron chi connectivity index (χ4n) is 4.74. The highest BCUT2D eigenvalue weighted by atomic mass is 16.7. The molecule has 0 N–H and O–H groups in total. The largest absolute Gasteiger partial charge is 0.483 e. The van der Waals surface area contributed by atoms with Crippen LogP contribution in [0.3, 0.4) is 0 Å². The second-order valence-electron chi connectivity index (χ2n) is 9.49. The van der Waals surface area contributed by atoms with Gasteiger partial charge in [0.25, 0.3) is 5.91 Å². The number of rotatable bonds is 8. The molecule has 1 atom stereocenters. The number of carbonyl (C=O) groups excluding carboxylic acids is 1. The predicted molar refractivity (Wildman–Crippen MR) is 132 cm³/mol. The van der Waals surface area contributed by atoms with Gasteiger partial charge in [-0.25, -0.2) is 0 Å². The topological polar surface area (TPSA) is 64.4 Å². The third kappa shape index (κ3) is 5.62. The Balaban J connectivity index is 1.34. The van der Waals surface area contributed by atoms with Gasteiger partial charge in [0.2, 0.25) is 6.79 Å². The summed E-state index contributed by atoms with van der Waals surface area (Å²) in [6.45, 7) is 5.88. The molecule has 0 saturated carbocycles. The minimum Gasteiger partial charge on any atom is -0.483 e. The van der Waals surface area contributed by atoms with E-state index in [-0.39, 0.29) is 19.3 Å². The molecule has 5 rings (SSSR count). The second kappa shape index (κ2) is 10.4. The van der Waals surface area contributed by atoms with E-state index in [4.69, 9.17) is 18.6 Å². The average Bonchev–Trinajstić information content (AvgIpc) is 3.54. The molecule has 2 aliphatic rings. The molecule has 0 aliphatic carbocycles. The lowest BCUT2D eigenvalue weighted by atomic mass is 9.98. The SMILES string of the molecule is C[C@H]1CCCN(Cc2cc(-c3ccc4c(c3)OCO4)ccc2OCC(=O)N(C)Cc2ccco2)C1. The van der Waals surface area contributed by atoms with Crippen molar-refractivity contribution < 1.29 is 23.4 Å². The summed E-state index contributed by atoms with van der Waals surface area (Å²) in [4.78, 5) is 16.8. The maximum Gasteiger partial charge on any atom is 0.260 e. The van der Waals surface area contributed by atoms with Crippen molar-refractivity contribution in [3.05, 3.63) is 66.1 Å². The molecular formula is C28H32N2O5. The predicted octanol–water partition coefficient (Wildman–Crippen LogP) is 4.94. The summed E-state index contributed by atoms with van der Waals surface area (Å²) in [5.41, 5.74) is 3.22. The number of carbonyl (C=O) groups is 1. The number of nitrogens with zero attached hydrogens (tertiary/aromatic N) is 2. The molecule has 2 aliphatic heterocycles. The molecule has 0 unspecified atom stereocenters. The highest BCUT2D eigenvalue weighted by Gasteiger charge is 2.20. The molecule has 1 fully saturated rings. The third-order valence-corrected chi connectivity index (χ3v) is 6.65. The van der Waals surface area contributed by atoms with Gasteiger partial charge in [-0.3, -0.25) is 9.69 Å². The van der Waals surface area contributed by atoms with E-state index >= 15 is 0 Å². The number of furan rings is 1. The molecular weight excluding hydrogens is 444 g/mol. The number of benzene rings is 2. The van der Waals surface area contributed by atoms with Crippen LogP contribution in [0.1, 0.15) is 31.1 Å². The zero-order valence-electron chi connectivity index (χ0n) is 20.4. The quantitative estimate of drug-likeness (QED) is 0.459. The summed E-state index contributed by atoms with van der Waals surface area (Å²) in [6.07, 6.45) is 4.09. The maximum atomic E-state index is 12.7. The number of likely N-dealkylation sites (N-methyl/N-ethyl adjacent to an activating group) is 1. The molecule has 2 aromatic carbocycles. The van der Waals surface area contributed by atoms with Gasteiger partial charge in [-0.15, -0.1) is 0 Å². The summed E-state index contributed by atoms with van der Waals surface area (Å²) in [6, 6.07) is 15.9. The van der Waals surface area contributed by atoms with Crippen LogP contribution >= 0.6 is 0 Å². The van der Waals surface area contributed by atoms with Crippen LogP contribution in [-0.4, -0.2) is 49.2 Å². The van der Waals surface area contributed by atoms with E-state index in [1.165, 1.54) is 12.8 Å². The fraction of sp³-hybridized carbons (Fsp3) is 0.393. The molecule has 35 heavy (non-hydrogen) atoms. The van der Waals surface area contributed by atoms with Crippen LogP contribution in [0.5, 0.6) is 17.2 Å². The third-order valence-electron chi connectivity index (χ3n) is 6.65. The van der Waals surface area contributed by atoms with Crippen LogP contribution in [0.15, 0.2) is 59.2 Å². The highest BCUT2D eigenvalue weighted by Crippen LogP contribution is 2.37. The van der Waals surface area contributed by atoms with Crippen molar-refractivity contribution in [1.29, 1.82) is 0 Å². The minimum atomic E-state index is -0.0983. The lowest BCUT2D eigenvalue weighted by Gasteiger charge is -2.31. The maximum absolute atomic E-state index is 12.7. The van der Waals surface area contributed by atoms with Crippen LogP contribution in [0.4, 0.5) is 0 Å². The highest BCUT2D eigenvalue weighted by molar-refractivity contribution is 5.77. The first-order valence-electron chi connectivity index (χ1n) is 12.2. The molecule has 1 saturated heterocycles. The van der Waals surface area contributed by atoms with Gasteiger partial charge in [0.1, 0.15) is 11.5 Å². The molecule has 3 heterocycles. The van der Waals surface area contributed by atoms with Gasteiger partial charge < -0.3 is 23.5 Å². The smallest absolute Gasteiger partial charge is 0.260 e. The Kier molecular flexibility index (Phi) is 6.95. The Labute approximate surface area is 206 Å². The molecule has 1 aromatic heterocycles. The van der Waals surface area contributed by atoms with E-state index in [2.05, 4.69) is 17.9 Å². The first-order valence-corrected chi connectivity index (χ1v) is 12.2. The summed E-state index contributed by atoms with van der Waals surface area (Å²) < 4.78 is 22.5. The van der Waals surface area contributed by atoms with Gasteiger partial charge in [-0.1, -0.05) is 19.1 Å². The Hall–Kier alpha value is -3.45. The van der Waals surface area contributed by atoms with Crippen molar-refractivity contribution in [1.82, 2.24) is 9.80 Å². The van der Waals surface area contributed by atoms with Gasteiger partial charge >= 0.3 is 0 Å². The summed E-state index contributed by atoms with van der Waals surface area (Å²) >= 11 is 0. The molecule has 3 aromatic rings. The number of amides is 1. The zero-order chi connectivity index (χ0) is 24.2.